The number of allylic oxidation sites excluding steroid dienone is 1. The van der Waals surface area contributed by atoms with Gasteiger partial charge in [0.25, 0.3) is 0 Å². The molecule has 2 saturated carbocycles. The van der Waals surface area contributed by atoms with Crippen LogP contribution in [-0.4, -0.2) is 60.0 Å². The highest BCUT2D eigenvalue weighted by Crippen LogP contribution is 2.32. The Hall–Kier alpha value is -2.16. The number of nitrogens with one attached hydrogen (secondary N) is 2. The van der Waals surface area contributed by atoms with E-state index in [9.17, 15) is 9.90 Å². The molecule has 33 heavy (non-hydrogen) atoms. The zero-order valence-electron chi connectivity index (χ0n) is 20.4. The molecule has 8 heteroatoms. The molecule has 7 nitrogen and oxygen atoms in total. The number of aryl methyl sites for hydroxylation is 1. The molecule has 0 aliphatic heterocycles. The number of aliphatic hydroxyl groups is 1. The Morgan fingerprint density at radius 3 is 2.64 bits per heavy atom. The maximum atomic E-state index is 10.9. The minimum absolute atomic E-state index is 0.0180. The summed E-state index contributed by atoms with van der Waals surface area (Å²) in [6.45, 7) is 7.33. The maximum absolute atomic E-state index is 10.9. The standard InChI is InChI=1S/C20H26N4O2S.C5H11N/c1-11(2)17(20-24-18-12(3)22-8-7-16(18)27-20)19(21-4)23-14-6-5-13(9-14)15(26)10-25;1-6-4-5-2-3-5/h7-8,10,13-15,26H,5-6,9H2,1-4H3,(H,21,23);5-6H,2-4H2,1H3. The molecule has 3 unspecified atom stereocenters. The molecular formula is C25H37N5O2S. The topological polar surface area (TPSA) is 99.5 Å². The lowest BCUT2D eigenvalue weighted by atomic mass is 10.0. The molecule has 0 bridgehead atoms. The van der Waals surface area contributed by atoms with Crippen LogP contribution in [-0.2, 0) is 4.79 Å². The van der Waals surface area contributed by atoms with Crippen molar-refractivity contribution in [3.8, 4) is 0 Å². The first-order valence-electron chi connectivity index (χ1n) is 11.8. The summed E-state index contributed by atoms with van der Waals surface area (Å²) >= 11 is 1.64. The van der Waals surface area contributed by atoms with Crippen LogP contribution in [0.3, 0.4) is 0 Å². The second kappa shape index (κ2) is 11.8. The Morgan fingerprint density at radius 1 is 1.33 bits per heavy atom. The van der Waals surface area contributed by atoms with Crippen molar-refractivity contribution in [1.29, 1.82) is 0 Å². The fourth-order valence-electron chi connectivity index (χ4n) is 4.26. The molecule has 3 N–H and O–H groups in total. The van der Waals surface area contributed by atoms with Crippen molar-refractivity contribution in [3.63, 3.8) is 0 Å². The van der Waals surface area contributed by atoms with Gasteiger partial charge in [0, 0.05) is 19.3 Å². The van der Waals surface area contributed by atoms with Crippen LogP contribution in [0.4, 0.5) is 0 Å². The number of aldehydes is 1. The molecule has 2 aliphatic rings. The van der Waals surface area contributed by atoms with E-state index in [1.54, 1.807) is 18.4 Å². The van der Waals surface area contributed by atoms with Gasteiger partial charge < -0.3 is 20.5 Å². The van der Waals surface area contributed by atoms with Gasteiger partial charge in [0.2, 0.25) is 0 Å². The summed E-state index contributed by atoms with van der Waals surface area (Å²) in [4.78, 5) is 24.5. The van der Waals surface area contributed by atoms with Crippen molar-refractivity contribution in [2.45, 2.75) is 65.0 Å². The average Bonchev–Trinajstić information content (AvgIpc) is 3.32. The van der Waals surface area contributed by atoms with Crippen molar-refractivity contribution in [2.75, 3.05) is 20.6 Å². The summed E-state index contributed by atoms with van der Waals surface area (Å²) in [5.74, 6) is 1.87. The monoisotopic (exact) mass is 471 g/mol. The number of hydrogen-bond acceptors (Lipinski definition) is 7. The summed E-state index contributed by atoms with van der Waals surface area (Å²) in [5, 5.41) is 17.4. The molecule has 2 aromatic heterocycles. The number of aromatic nitrogens is 2. The lowest BCUT2D eigenvalue weighted by Gasteiger charge is -2.19. The zero-order chi connectivity index (χ0) is 24.0. The Bertz CT molecular complexity index is 1010. The number of fused-ring (bicyclic) bond motifs is 1. The van der Waals surface area contributed by atoms with E-state index in [1.807, 2.05) is 26.2 Å². The van der Waals surface area contributed by atoms with E-state index in [1.165, 1.54) is 19.4 Å². The van der Waals surface area contributed by atoms with Gasteiger partial charge in [-0.15, -0.1) is 11.3 Å². The van der Waals surface area contributed by atoms with Gasteiger partial charge in [-0.2, -0.15) is 0 Å². The number of carbonyl (C=O) groups excluding carboxylic acids is 1. The molecule has 0 aromatic carbocycles. The molecule has 0 amide bonds. The first-order chi connectivity index (χ1) is 15.9. The lowest BCUT2D eigenvalue weighted by Crippen LogP contribution is -2.34. The summed E-state index contributed by atoms with van der Waals surface area (Å²) < 4.78 is 1.11. The third kappa shape index (κ3) is 6.68. The number of hydrogen-bond donors (Lipinski definition) is 3. The predicted molar refractivity (Wildman–Crippen MR) is 137 cm³/mol. The Morgan fingerprint density at radius 2 is 2.09 bits per heavy atom. The molecule has 2 aliphatic carbocycles. The first kappa shape index (κ1) is 25.5. The predicted octanol–water partition coefficient (Wildman–Crippen LogP) is 3.76. The quantitative estimate of drug-likeness (QED) is 0.323. The van der Waals surface area contributed by atoms with E-state index >= 15 is 0 Å². The number of thiazole rings is 1. The van der Waals surface area contributed by atoms with Crippen molar-refractivity contribution in [1.82, 2.24) is 20.6 Å². The summed E-state index contributed by atoms with van der Waals surface area (Å²) in [6.07, 6.45) is 7.01. The third-order valence-electron chi connectivity index (χ3n) is 6.29. The highest BCUT2D eigenvalue weighted by Gasteiger charge is 2.31. The molecule has 4 rings (SSSR count). The van der Waals surface area contributed by atoms with Crippen molar-refractivity contribution >= 4 is 39.2 Å². The van der Waals surface area contributed by atoms with Crippen LogP contribution in [0.25, 0.3) is 15.8 Å². The first-order valence-corrected chi connectivity index (χ1v) is 12.6. The number of aliphatic imine (C=N–C) groups is 1. The van der Waals surface area contributed by atoms with Gasteiger partial charge in [0.05, 0.1) is 16.0 Å². The van der Waals surface area contributed by atoms with Crippen molar-refractivity contribution in [3.05, 3.63) is 28.5 Å². The molecule has 2 fully saturated rings. The number of pyridine rings is 1. The molecule has 3 atom stereocenters. The minimum Gasteiger partial charge on any atom is -0.385 e. The smallest absolute Gasteiger partial charge is 0.148 e. The van der Waals surface area contributed by atoms with Crippen LogP contribution in [0.1, 0.15) is 56.7 Å². The van der Waals surface area contributed by atoms with Crippen LogP contribution in [0.15, 0.2) is 22.8 Å². The van der Waals surface area contributed by atoms with Gasteiger partial charge in [-0.05, 0) is 84.4 Å². The van der Waals surface area contributed by atoms with E-state index in [-0.39, 0.29) is 12.0 Å². The second-order valence-electron chi connectivity index (χ2n) is 9.25. The van der Waals surface area contributed by atoms with E-state index in [2.05, 4.69) is 34.5 Å². The average molecular weight is 472 g/mol. The van der Waals surface area contributed by atoms with Gasteiger partial charge in [-0.3, -0.25) is 9.98 Å². The number of carbonyl (C=O) groups is 1. The summed E-state index contributed by atoms with van der Waals surface area (Å²) in [5.41, 5.74) is 4.00. The highest BCUT2D eigenvalue weighted by atomic mass is 32.1. The van der Waals surface area contributed by atoms with Gasteiger partial charge >= 0.3 is 0 Å². The van der Waals surface area contributed by atoms with Crippen LogP contribution in [0, 0.1) is 18.8 Å². The van der Waals surface area contributed by atoms with E-state index in [4.69, 9.17) is 4.98 Å². The van der Waals surface area contributed by atoms with Gasteiger partial charge in [0.15, 0.2) is 0 Å². The molecule has 0 saturated heterocycles. The van der Waals surface area contributed by atoms with Crippen LogP contribution < -0.4 is 10.6 Å². The Kier molecular flexibility index (Phi) is 9.11. The van der Waals surface area contributed by atoms with Gasteiger partial charge in [-0.1, -0.05) is 5.57 Å². The summed E-state index contributed by atoms with van der Waals surface area (Å²) in [7, 11) is 3.79. The normalized spacial score (nSPS) is 21.3. The lowest BCUT2D eigenvalue weighted by molar-refractivity contribution is -0.117. The largest absolute Gasteiger partial charge is 0.385 e. The number of nitrogens with zero attached hydrogens (tertiary/aromatic N) is 3. The number of amidine groups is 1. The number of rotatable bonds is 7. The molecule has 0 radical (unpaired) electrons. The van der Waals surface area contributed by atoms with Crippen molar-refractivity contribution < 1.29 is 9.90 Å². The highest BCUT2D eigenvalue weighted by molar-refractivity contribution is 7.19. The van der Waals surface area contributed by atoms with Crippen LogP contribution >= 0.6 is 11.3 Å². The van der Waals surface area contributed by atoms with E-state index < -0.39 is 6.10 Å². The van der Waals surface area contributed by atoms with Crippen molar-refractivity contribution in [2.24, 2.45) is 16.8 Å². The zero-order valence-corrected chi connectivity index (χ0v) is 21.2. The molecule has 180 valence electrons. The second-order valence-corrected chi connectivity index (χ2v) is 10.3. The van der Waals surface area contributed by atoms with Gasteiger partial charge in [0.1, 0.15) is 28.8 Å². The fraction of sp³-hybridized carbons (Fsp3) is 0.600. The fourth-order valence-corrected chi connectivity index (χ4v) is 5.43. The third-order valence-corrected chi connectivity index (χ3v) is 7.33. The SMILES string of the molecule is CN=C(NC1CCC(C(O)C=O)C1)C(=C(C)C)c1nc2c(C)nccc2s1.CNCC1CC1. The molecule has 0 spiro atoms. The minimum atomic E-state index is -0.874. The molecular weight excluding hydrogens is 434 g/mol. The van der Waals surface area contributed by atoms with E-state index in [0.29, 0.717) is 6.29 Å². The maximum Gasteiger partial charge on any atom is 0.148 e. The number of aliphatic hydroxyl groups excluding tert-OH is 1. The van der Waals surface area contributed by atoms with E-state index in [0.717, 1.165) is 63.1 Å². The van der Waals surface area contributed by atoms with Crippen LogP contribution in [0.2, 0.25) is 0 Å². The Balaban J connectivity index is 0.000000442. The Labute approximate surface area is 200 Å². The molecule has 2 heterocycles. The van der Waals surface area contributed by atoms with Gasteiger partial charge in [-0.25, -0.2) is 4.98 Å². The summed E-state index contributed by atoms with van der Waals surface area (Å²) in [6, 6.07) is 2.18. The van der Waals surface area contributed by atoms with Crippen LogP contribution in [0.5, 0.6) is 0 Å². The molecule has 2 aromatic rings.